The number of fused-ring (bicyclic) bond motifs is 1. The number of benzene rings is 1. The van der Waals surface area contributed by atoms with Crippen LogP contribution in [0.25, 0.3) is 0 Å². The average Bonchev–Trinajstić information content (AvgIpc) is 2.25. The molecule has 0 aromatic heterocycles. The summed E-state index contributed by atoms with van der Waals surface area (Å²) in [6.45, 7) is 1.14. The summed E-state index contributed by atoms with van der Waals surface area (Å²) in [4.78, 5) is 0. The van der Waals surface area contributed by atoms with Crippen molar-refractivity contribution in [2.75, 3.05) is 20.3 Å². The molecule has 0 saturated heterocycles. The molecule has 0 saturated carbocycles. The molecule has 0 spiro atoms. The SMILES string of the molecule is CNCc1c(O)c(F)cc2c1OCCO2. The van der Waals surface area contributed by atoms with Crippen molar-refractivity contribution < 1.29 is 19.0 Å². The van der Waals surface area contributed by atoms with Gasteiger partial charge in [0.2, 0.25) is 0 Å². The number of rotatable bonds is 2. The van der Waals surface area contributed by atoms with Gasteiger partial charge < -0.3 is 19.9 Å². The molecule has 4 nitrogen and oxygen atoms in total. The van der Waals surface area contributed by atoms with Gasteiger partial charge >= 0.3 is 0 Å². The predicted octanol–water partition coefficient (Wildman–Crippen LogP) is 1.02. The number of phenols is 1. The minimum atomic E-state index is -0.690. The third kappa shape index (κ3) is 1.70. The Morgan fingerprint density at radius 3 is 2.93 bits per heavy atom. The molecule has 2 N–H and O–H groups in total. The van der Waals surface area contributed by atoms with Crippen LogP contribution in [0, 0.1) is 5.82 Å². The van der Waals surface area contributed by atoms with Crippen LogP contribution in [-0.2, 0) is 6.54 Å². The maximum atomic E-state index is 13.3. The summed E-state index contributed by atoms with van der Waals surface area (Å²) in [7, 11) is 1.71. The molecule has 15 heavy (non-hydrogen) atoms. The lowest BCUT2D eigenvalue weighted by atomic mass is 10.1. The smallest absolute Gasteiger partial charge is 0.169 e. The van der Waals surface area contributed by atoms with Gasteiger partial charge in [0, 0.05) is 12.6 Å². The van der Waals surface area contributed by atoms with E-state index in [2.05, 4.69) is 5.32 Å². The Balaban J connectivity index is 2.52. The molecular weight excluding hydrogens is 201 g/mol. The summed E-state index contributed by atoms with van der Waals surface area (Å²) < 4.78 is 23.9. The van der Waals surface area contributed by atoms with Gasteiger partial charge in [-0.15, -0.1) is 0 Å². The summed E-state index contributed by atoms with van der Waals surface area (Å²) in [5, 5.41) is 12.4. The summed E-state index contributed by atoms with van der Waals surface area (Å²) in [5.74, 6) is -0.297. The first-order valence-electron chi connectivity index (χ1n) is 4.68. The molecule has 0 amide bonds. The number of aromatic hydroxyl groups is 1. The first kappa shape index (κ1) is 10.0. The molecule has 82 valence electrons. The monoisotopic (exact) mass is 213 g/mol. The van der Waals surface area contributed by atoms with Crippen molar-refractivity contribution in [3.63, 3.8) is 0 Å². The molecule has 0 fully saturated rings. The Labute approximate surface area is 86.6 Å². The third-order valence-corrected chi connectivity index (χ3v) is 2.21. The highest BCUT2D eigenvalue weighted by Gasteiger charge is 2.22. The minimum Gasteiger partial charge on any atom is -0.504 e. The van der Waals surface area contributed by atoms with E-state index in [1.807, 2.05) is 0 Å². The average molecular weight is 213 g/mol. The molecule has 1 aromatic rings. The lowest BCUT2D eigenvalue weighted by Gasteiger charge is -2.22. The molecule has 0 radical (unpaired) electrons. The van der Waals surface area contributed by atoms with Crippen LogP contribution in [0.15, 0.2) is 6.07 Å². The van der Waals surface area contributed by atoms with Gasteiger partial charge in [-0.3, -0.25) is 0 Å². The molecule has 1 heterocycles. The van der Waals surface area contributed by atoms with Crippen LogP contribution in [0.4, 0.5) is 4.39 Å². The van der Waals surface area contributed by atoms with Crippen molar-refractivity contribution in [3.05, 3.63) is 17.4 Å². The van der Waals surface area contributed by atoms with Gasteiger partial charge in [-0.2, -0.15) is 0 Å². The van der Waals surface area contributed by atoms with E-state index >= 15 is 0 Å². The molecule has 0 atom stereocenters. The molecule has 5 heteroatoms. The topological polar surface area (TPSA) is 50.7 Å². The van der Waals surface area contributed by atoms with E-state index in [1.54, 1.807) is 7.05 Å². The van der Waals surface area contributed by atoms with Crippen molar-refractivity contribution >= 4 is 0 Å². The highest BCUT2D eigenvalue weighted by atomic mass is 19.1. The van der Waals surface area contributed by atoms with Crippen LogP contribution in [-0.4, -0.2) is 25.4 Å². The second kappa shape index (κ2) is 3.94. The lowest BCUT2D eigenvalue weighted by molar-refractivity contribution is 0.167. The van der Waals surface area contributed by atoms with Gasteiger partial charge in [-0.25, -0.2) is 4.39 Å². The molecule has 1 aliphatic heterocycles. The van der Waals surface area contributed by atoms with E-state index in [1.165, 1.54) is 0 Å². The fraction of sp³-hybridized carbons (Fsp3) is 0.400. The largest absolute Gasteiger partial charge is 0.504 e. The van der Waals surface area contributed by atoms with E-state index in [0.29, 0.717) is 36.8 Å². The zero-order valence-corrected chi connectivity index (χ0v) is 8.34. The number of phenolic OH excluding ortho intramolecular Hbond substituents is 1. The van der Waals surface area contributed by atoms with Crippen LogP contribution in [0.2, 0.25) is 0 Å². The van der Waals surface area contributed by atoms with E-state index in [4.69, 9.17) is 9.47 Å². The molecule has 1 aliphatic rings. The van der Waals surface area contributed by atoms with Crippen LogP contribution in [0.1, 0.15) is 5.56 Å². The Kier molecular flexibility index (Phi) is 2.64. The number of halogens is 1. The van der Waals surface area contributed by atoms with Gasteiger partial charge in [-0.1, -0.05) is 0 Å². The van der Waals surface area contributed by atoms with Crippen molar-refractivity contribution in [1.29, 1.82) is 0 Å². The highest BCUT2D eigenvalue weighted by Crippen LogP contribution is 2.40. The fourth-order valence-electron chi connectivity index (χ4n) is 1.55. The maximum absolute atomic E-state index is 13.3. The van der Waals surface area contributed by atoms with E-state index < -0.39 is 5.82 Å². The maximum Gasteiger partial charge on any atom is 0.169 e. The van der Waals surface area contributed by atoms with Crippen LogP contribution < -0.4 is 14.8 Å². The lowest BCUT2D eigenvalue weighted by Crippen LogP contribution is -2.18. The first-order chi connectivity index (χ1) is 7.24. The van der Waals surface area contributed by atoms with Crippen molar-refractivity contribution in [2.24, 2.45) is 0 Å². The Hall–Kier alpha value is -1.49. The minimum absolute atomic E-state index is 0.329. The predicted molar refractivity (Wildman–Crippen MR) is 51.8 cm³/mol. The first-order valence-corrected chi connectivity index (χ1v) is 4.68. The van der Waals surface area contributed by atoms with Gasteiger partial charge in [0.05, 0.1) is 5.56 Å². The fourth-order valence-corrected chi connectivity index (χ4v) is 1.55. The van der Waals surface area contributed by atoms with Crippen LogP contribution in [0.5, 0.6) is 17.2 Å². The number of nitrogens with one attached hydrogen (secondary N) is 1. The van der Waals surface area contributed by atoms with Crippen LogP contribution >= 0.6 is 0 Å². The number of hydrogen-bond acceptors (Lipinski definition) is 4. The highest BCUT2D eigenvalue weighted by molar-refractivity contribution is 5.54. The summed E-state index contributed by atoms with van der Waals surface area (Å²) in [6, 6.07) is 1.14. The van der Waals surface area contributed by atoms with Gasteiger partial charge in [0.1, 0.15) is 13.2 Å². The van der Waals surface area contributed by atoms with Crippen molar-refractivity contribution in [2.45, 2.75) is 6.54 Å². The molecular formula is C10H12FNO3. The van der Waals surface area contributed by atoms with E-state index in [9.17, 15) is 9.50 Å². The normalized spacial score (nSPS) is 14.0. The second-order valence-corrected chi connectivity index (χ2v) is 3.24. The van der Waals surface area contributed by atoms with Gasteiger partial charge in [0.15, 0.2) is 23.1 Å². The molecule has 0 aliphatic carbocycles. The number of hydrogen-bond donors (Lipinski definition) is 2. The molecule has 0 bridgehead atoms. The molecule has 2 rings (SSSR count). The van der Waals surface area contributed by atoms with Gasteiger partial charge in [0.25, 0.3) is 0 Å². The van der Waals surface area contributed by atoms with Gasteiger partial charge in [-0.05, 0) is 7.05 Å². The summed E-state index contributed by atoms with van der Waals surface area (Å²) >= 11 is 0. The quantitative estimate of drug-likeness (QED) is 0.770. The zero-order chi connectivity index (χ0) is 10.8. The van der Waals surface area contributed by atoms with Crippen LogP contribution in [0.3, 0.4) is 0 Å². The van der Waals surface area contributed by atoms with E-state index in [-0.39, 0.29) is 5.75 Å². The third-order valence-electron chi connectivity index (χ3n) is 2.21. The Morgan fingerprint density at radius 2 is 2.20 bits per heavy atom. The van der Waals surface area contributed by atoms with Crippen molar-refractivity contribution in [3.8, 4) is 17.2 Å². The Morgan fingerprint density at radius 1 is 1.47 bits per heavy atom. The zero-order valence-electron chi connectivity index (χ0n) is 8.34. The standard InChI is InChI=1S/C10H12FNO3/c1-12-5-6-9(13)7(11)4-8-10(6)15-3-2-14-8/h4,12-13H,2-3,5H2,1H3. The molecule has 0 unspecified atom stereocenters. The summed E-state index contributed by atoms with van der Waals surface area (Å²) in [6.07, 6.45) is 0. The molecule has 1 aromatic carbocycles. The Bertz CT molecular complexity index is 381. The number of ether oxygens (including phenoxy) is 2. The second-order valence-electron chi connectivity index (χ2n) is 3.24. The van der Waals surface area contributed by atoms with Crippen molar-refractivity contribution in [1.82, 2.24) is 5.32 Å². The van der Waals surface area contributed by atoms with E-state index in [0.717, 1.165) is 6.07 Å². The summed E-state index contributed by atoms with van der Waals surface area (Å²) in [5.41, 5.74) is 0.396.